The lowest BCUT2D eigenvalue weighted by atomic mass is 10.1. The number of nitrogens with zero attached hydrogens (tertiary/aromatic N) is 3. The highest BCUT2D eigenvalue weighted by Gasteiger charge is 2.20. The molecule has 0 unspecified atom stereocenters. The van der Waals surface area contributed by atoms with E-state index in [0.29, 0.717) is 39.7 Å². The summed E-state index contributed by atoms with van der Waals surface area (Å²) in [4.78, 5) is 8.67. The summed E-state index contributed by atoms with van der Waals surface area (Å²) in [6.45, 7) is 3.27. The van der Waals surface area contributed by atoms with E-state index in [1.165, 1.54) is 6.20 Å². The second-order valence-electron chi connectivity index (χ2n) is 7.87. The molecular weight excluding hydrogens is 463 g/mol. The van der Waals surface area contributed by atoms with Gasteiger partial charge >= 0.3 is 0 Å². The van der Waals surface area contributed by atoms with Crippen LogP contribution in [0.15, 0.2) is 42.7 Å². The third-order valence-corrected chi connectivity index (χ3v) is 6.36. The second kappa shape index (κ2) is 9.15. The quantitative estimate of drug-likeness (QED) is 0.334. The van der Waals surface area contributed by atoms with Crippen LogP contribution in [-0.2, 0) is 4.74 Å². The van der Waals surface area contributed by atoms with E-state index in [1.807, 2.05) is 30.3 Å². The average Bonchev–Trinajstić information content (AvgIpc) is 3.47. The number of nitrogens with two attached hydrogens (primary N) is 1. The zero-order valence-electron chi connectivity index (χ0n) is 17.8. The Bertz CT molecular complexity index is 1290. The molecular formula is C23H22Cl2N6O2. The molecule has 0 bridgehead atoms. The first kappa shape index (κ1) is 21.9. The molecule has 1 aliphatic heterocycles. The molecule has 0 amide bonds. The summed E-state index contributed by atoms with van der Waals surface area (Å²) in [5.74, 6) is 1.37. The maximum absolute atomic E-state index is 6.37. The Morgan fingerprint density at radius 1 is 1.21 bits per heavy atom. The minimum absolute atomic E-state index is 0.296. The standard InChI is InChI=1S/C23H22Cl2N6O2/c1-12-21(25)20(17(24)10-27-12)23(26)33-15-3-4-18-16(8-15)22(31-30-18)13-2-5-19(28-9-13)29-14-6-7-32-11-14/h2-5,8-10,14,23H,6-7,11,26H2,1H3,(H,28,29)(H,30,31)/t14-,23+/m1/s1. The molecule has 10 heteroatoms. The summed E-state index contributed by atoms with van der Waals surface area (Å²) in [5, 5.41) is 12.5. The SMILES string of the molecule is Cc1ncc(Cl)c([C@@H](N)Oc2ccc3[nH]nc(-c4ccc(N[C@@H]5CCOC5)nc4)c3c2)c1Cl. The maximum Gasteiger partial charge on any atom is 0.177 e. The molecule has 1 fully saturated rings. The van der Waals surface area contributed by atoms with Gasteiger partial charge in [-0.3, -0.25) is 15.8 Å². The van der Waals surface area contributed by atoms with Crippen LogP contribution < -0.4 is 15.8 Å². The number of halogens is 2. The van der Waals surface area contributed by atoms with E-state index in [4.69, 9.17) is 38.4 Å². The van der Waals surface area contributed by atoms with Crippen LogP contribution in [0.3, 0.4) is 0 Å². The Balaban J connectivity index is 1.39. The van der Waals surface area contributed by atoms with Crippen LogP contribution in [0.4, 0.5) is 5.82 Å². The molecule has 5 rings (SSSR count). The van der Waals surface area contributed by atoms with Gasteiger partial charge in [0.25, 0.3) is 0 Å². The number of aryl methyl sites for hydroxylation is 1. The van der Waals surface area contributed by atoms with Crippen molar-refractivity contribution in [3.8, 4) is 17.0 Å². The Labute approximate surface area is 200 Å². The van der Waals surface area contributed by atoms with Crippen molar-refractivity contribution in [2.24, 2.45) is 5.73 Å². The van der Waals surface area contributed by atoms with E-state index in [0.717, 1.165) is 41.0 Å². The number of ether oxygens (including phenoxy) is 2. The van der Waals surface area contributed by atoms with Crippen molar-refractivity contribution in [3.05, 3.63) is 64.0 Å². The molecule has 33 heavy (non-hydrogen) atoms. The lowest BCUT2D eigenvalue weighted by molar-refractivity contribution is 0.195. The third kappa shape index (κ3) is 4.47. The van der Waals surface area contributed by atoms with Gasteiger partial charge in [-0.25, -0.2) is 4.98 Å². The monoisotopic (exact) mass is 484 g/mol. The fourth-order valence-corrected chi connectivity index (χ4v) is 4.37. The van der Waals surface area contributed by atoms with E-state index < -0.39 is 6.23 Å². The largest absolute Gasteiger partial charge is 0.471 e. The Morgan fingerprint density at radius 3 is 2.85 bits per heavy atom. The predicted molar refractivity (Wildman–Crippen MR) is 129 cm³/mol. The Hall–Kier alpha value is -2.91. The first-order valence-electron chi connectivity index (χ1n) is 10.5. The van der Waals surface area contributed by atoms with Gasteiger partial charge in [0.15, 0.2) is 6.23 Å². The number of hydrogen-bond donors (Lipinski definition) is 3. The first-order chi connectivity index (χ1) is 16.0. The summed E-state index contributed by atoms with van der Waals surface area (Å²) in [7, 11) is 0. The normalized spacial score (nSPS) is 16.8. The Kier molecular flexibility index (Phi) is 6.07. The lowest BCUT2D eigenvalue weighted by Gasteiger charge is -2.18. The summed E-state index contributed by atoms with van der Waals surface area (Å²) >= 11 is 12.6. The van der Waals surface area contributed by atoms with Crippen LogP contribution in [0.25, 0.3) is 22.2 Å². The number of pyridine rings is 2. The van der Waals surface area contributed by atoms with Crippen LogP contribution >= 0.6 is 23.2 Å². The number of hydrogen-bond acceptors (Lipinski definition) is 7. The number of aromatic nitrogens is 4. The average molecular weight is 485 g/mol. The molecule has 1 saturated heterocycles. The predicted octanol–water partition coefficient (Wildman–Crippen LogP) is 4.87. The highest BCUT2D eigenvalue weighted by atomic mass is 35.5. The minimum atomic E-state index is -0.855. The maximum atomic E-state index is 6.37. The zero-order chi connectivity index (χ0) is 22.9. The molecule has 0 spiro atoms. The molecule has 1 aliphatic rings. The van der Waals surface area contributed by atoms with Crippen LogP contribution in [0.2, 0.25) is 10.0 Å². The molecule has 0 saturated carbocycles. The van der Waals surface area contributed by atoms with Crippen molar-refractivity contribution < 1.29 is 9.47 Å². The summed E-state index contributed by atoms with van der Waals surface area (Å²) in [5.41, 5.74) is 9.93. The molecule has 4 N–H and O–H groups in total. The molecule has 3 aromatic heterocycles. The number of nitrogens with one attached hydrogen (secondary N) is 2. The van der Waals surface area contributed by atoms with E-state index >= 15 is 0 Å². The van der Waals surface area contributed by atoms with Crippen molar-refractivity contribution in [1.29, 1.82) is 0 Å². The topological polar surface area (TPSA) is 111 Å². The van der Waals surface area contributed by atoms with Gasteiger partial charge < -0.3 is 14.8 Å². The van der Waals surface area contributed by atoms with Crippen molar-refractivity contribution in [1.82, 2.24) is 20.2 Å². The number of benzene rings is 1. The van der Waals surface area contributed by atoms with Crippen LogP contribution in [0.5, 0.6) is 5.75 Å². The van der Waals surface area contributed by atoms with Crippen molar-refractivity contribution >= 4 is 39.9 Å². The van der Waals surface area contributed by atoms with Gasteiger partial charge in [0.1, 0.15) is 17.3 Å². The van der Waals surface area contributed by atoms with E-state index in [-0.39, 0.29) is 0 Å². The highest BCUT2D eigenvalue weighted by Crippen LogP contribution is 2.34. The summed E-state index contributed by atoms with van der Waals surface area (Å²) < 4.78 is 11.4. The fraction of sp³-hybridized carbons (Fsp3) is 0.261. The van der Waals surface area contributed by atoms with Crippen molar-refractivity contribution in [3.63, 3.8) is 0 Å². The van der Waals surface area contributed by atoms with E-state index in [2.05, 4.69) is 25.5 Å². The summed E-state index contributed by atoms with van der Waals surface area (Å²) in [6, 6.07) is 9.81. The smallest absolute Gasteiger partial charge is 0.177 e. The van der Waals surface area contributed by atoms with Gasteiger partial charge in [-0.2, -0.15) is 5.10 Å². The molecule has 4 aromatic rings. The molecule has 170 valence electrons. The van der Waals surface area contributed by atoms with E-state index in [9.17, 15) is 0 Å². The fourth-order valence-electron chi connectivity index (χ4n) is 3.81. The lowest BCUT2D eigenvalue weighted by Crippen LogP contribution is -2.19. The van der Waals surface area contributed by atoms with Crippen molar-refractivity contribution in [2.45, 2.75) is 25.6 Å². The molecule has 8 nitrogen and oxygen atoms in total. The number of anilines is 1. The number of aromatic amines is 1. The Morgan fingerprint density at radius 2 is 2.09 bits per heavy atom. The molecule has 0 radical (unpaired) electrons. The van der Waals surface area contributed by atoms with Gasteiger partial charge in [-0.15, -0.1) is 0 Å². The highest BCUT2D eigenvalue weighted by molar-refractivity contribution is 6.36. The zero-order valence-corrected chi connectivity index (χ0v) is 19.3. The molecule has 1 aromatic carbocycles. The van der Waals surface area contributed by atoms with Gasteiger partial charge in [0.05, 0.1) is 33.9 Å². The van der Waals surface area contributed by atoms with E-state index in [1.54, 1.807) is 13.1 Å². The minimum Gasteiger partial charge on any atom is -0.471 e. The molecule has 0 aliphatic carbocycles. The second-order valence-corrected chi connectivity index (χ2v) is 8.66. The van der Waals surface area contributed by atoms with Crippen LogP contribution in [0, 0.1) is 6.92 Å². The van der Waals surface area contributed by atoms with Gasteiger partial charge in [0, 0.05) is 35.5 Å². The van der Waals surface area contributed by atoms with Crippen molar-refractivity contribution in [2.75, 3.05) is 18.5 Å². The number of rotatable bonds is 6. The molecule has 2 atom stereocenters. The number of H-pyrrole nitrogens is 1. The first-order valence-corrected chi connectivity index (χ1v) is 11.3. The van der Waals surface area contributed by atoms with Crippen LogP contribution in [0.1, 0.15) is 23.9 Å². The summed E-state index contributed by atoms with van der Waals surface area (Å²) in [6.07, 6.45) is 3.44. The van der Waals surface area contributed by atoms with Gasteiger partial charge in [-0.1, -0.05) is 23.2 Å². The number of fused-ring (bicyclic) bond motifs is 1. The molecule has 4 heterocycles. The third-order valence-electron chi connectivity index (χ3n) is 5.58. The van der Waals surface area contributed by atoms with Gasteiger partial charge in [-0.05, 0) is 43.7 Å². The van der Waals surface area contributed by atoms with Gasteiger partial charge in [0.2, 0.25) is 0 Å². The van der Waals surface area contributed by atoms with Crippen LogP contribution in [-0.4, -0.2) is 39.4 Å².